The maximum absolute atomic E-state index is 11.7. The van der Waals surface area contributed by atoms with Crippen molar-refractivity contribution < 1.29 is 9.90 Å². The topological polar surface area (TPSA) is 40.1 Å². The maximum atomic E-state index is 11.7. The van der Waals surface area contributed by atoms with E-state index in [-0.39, 0.29) is 0 Å². The summed E-state index contributed by atoms with van der Waals surface area (Å²) in [6, 6.07) is 23.2. The van der Waals surface area contributed by atoms with Gasteiger partial charge in [-0.3, -0.25) is 0 Å². The number of carbonyl (C=O) groups is 1. The average Bonchev–Trinajstić information content (AvgIpc) is 2.81. The van der Waals surface area contributed by atoms with Gasteiger partial charge in [0.15, 0.2) is 4.90 Å². The van der Waals surface area contributed by atoms with Crippen LogP contribution in [0.3, 0.4) is 0 Å². The molecule has 0 aliphatic heterocycles. The normalized spacial score (nSPS) is 11.5. The molecule has 3 aromatic carbocycles. The van der Waals surface area contributed by atoms with Crippen LogP contribution in [0.1, 0.15) is 100 Å². The van der Waals surface area contributed by atoms with E-state index in [0.717, 1.165) is 11.1 Å². The second kappa shape index (κ2) is 12.3. The molecule has 0 amide bonds. The monoisotopic (exact) mass is 476 g/mol. The minimum absolute atomic E-state index is 0.462. The van der Waals surface area contributed by atoms with Gasteiger partial charge >= 0.3 is 0 Å². The lowest BCUT2D eigenvalue weighted by Crippen LogP contribution is -2.46. The predicted molar refractivity (Wildman–Crippen MR) is 146 cm³/mol. The van der Waals surface area contributed by atoms with Crippen molar-refractivity contribution in [1.82, 2.24) is 0 Å². The van der Waals surface area contributed by atoms with E-state index in [9.17, 15) is 9.90 Å². The van der Waals surface area contributed by atoms with Crippen LogP contribution in [0.4, 0.5) is 0 Å². The Morgan fingerprint density at radius 1 is 0.765 bits per heavy atom. The van der Waals surface area contributed by atoms with Gasteiger partial charge in [-0.25, -0.2) is 0 Å². The number of aliphatic carboxylic acids is 1. The molecule has 3 aromatic rings. The second-order valence-electron chi connectivity index (χ2n) is 9.82. The SMILES string of the molecule is CC(C)c1cc(C(C)C)c([SH2+])c(C(C)C)c1.CCC(C(=O)[O-])(c1ccccc1)c1ccccc1. The molecule has 0 aromatic heterocycles. The first-order chi connectivity index (χ1) is 16.1. The van der Waals surface area contributed by atoms with Crippen LogP contribution in [0, 0.1) is 0 Å². The zero-order valence-electron chi connectivity index (χ0n) is 21.7. The highest BCUT2D eigenvalue weighted by atomic mass is 32.1. The van der Waals surface area contributed by atoms with Crippen molar-refractivity contribution in [2.24, 2.45) is 0 Å². The van der Waals surface area contributed by atoms with Crippen LogP contribution in [0.25, 0.3) is 0 Å². The molecule has 0 saturated heterocycles. The lowest BCUT2D eigenvalue weighted by atomic mass is 9.72. The molecule has 0 aliphatic carbocycles. The minimum atomic E-state index is -1.07. The van der Waals surface area contributed by atoms with Crippen LogP contribution in [-0.4, -0.2) is 5.97 Å². The number of rotatable bonds is 7. The number of carboxylic acids is 1. The van der Waals surface area contributed by atoms with Crippen LogP contribution in [0.5, 0.6) is 0 Å². The summed E-state index contributed by atoms with van der Waals surface area (Å²) in [6.45, 7) is 15.4. The van der Waals surface area contributed by atoms with Gasteiger partial charge in [-0.05, 0) is 53.5 Å². The lowest BCUT2D eigenvalue weighted by molar-refractivity contribution is -0.312. The summed E-state index contributed by atoms with van der Waals surface area (Å²) in [6.07, 6.45) is 0.462. The first-order valence-electron chi connectivity index (χ1n) is 12.3. The van der Waals surface area contributed by atoms with Gasteiger partial charge < -0.3 is 9.90 Å². The molecule has 2 nitrogen and oxygen atoms in total. The van der Waals surface area contributed by atoms with Crippen LogP contribution in [0.2, 0.25) is 0 Å². The molecule has 34 heavy (non-hydrogen) atoms. The third-order valence-electron chi connectivity index (χ3n) is 6.54. The van der Waals surface area contributed by atoms with Crippen molar-refractivity contribution in [2.45, 2.75) is 83.0 Å². The molecule has 0 aliphatic rings. The lowest BCUT2D eigenvalue weighted by Gasteiger charge is -2.35. The zero-order valence-corrected chi connectivity index (χ0v) is 22.7. The Morgan fingerprint density at radius 3 is 1.41 bits per heavy atom. The van der Waals surface area contributed by atoms with E-state index in [0.29, 0.717) is 24.2 Å². The molecule has 3 heteroatoms. The van der Waals surface area contributed by atoms with Gasteiger partial charge in [-0.1, -0.05) is 121 Å². The molecule has 0 heterocycles. The van der Waals surface area contributed by atoms with E-state index in [4.69, 9.17) is 0 Å². The van der Waals surface area contributed by atoms with E-state index in [1.165, 1.54) is 21.6 Å². The Morgan fingerprint density at radius 2 is 1.15 bits per heavy atom. The molecule has 0 radical (unpaired) electrons. The summed E-state index contributed by atoms with van der Waals surface area (Å²) >= 11 is 3.82. The fourth-order valence-corrected chi connectivity index (χ4v) is 5.08. The first-order valence-corrected chi connectivity index (χ1v) is 12.8. The maximum Gasteiger partial charge on any atom is 0.157 e. The summed E-state index contributed by atoms with van der Waals surface area (Å²) in [5.41, 5.74) is 4.78. The number of carboxylic acid groups (broad SMARTS) is 1. The van der Waals surface area contributed by atoms with E-state index in [1.807, 2.05) is 67.6 Å². The fraction of sp³-hybridized carbons (Fsp3) is 0.387. The van der Waals surface area contributed by atoms with E-state index in [1.54, 1.807) is 0 Å². The number of carbonyl (C=O) groups excluding carboxylic acids is 1. The predicted octanol–water partition coefficient (Wildman–Crippen LogP) is 6.56. The molecule has 0 saturated carbocycles. The van der Waals surface area contributed by atoms with Crippen molar-refractivity contribution in [3.8, 4) is 0 Å². The highest BCUT2D eigenvalue weighted by Gasteiger charge is 2.33. The molecule has 3 rings (SSSR count). The zero-order chi connectivity index (χ0) is 25.5. The van der Waals surface area contributed by atoms with Crippen molar-refractivity contribution >= 4 is 18.6 Å². The quantitative estimate of drug-likeness (QED) is 0.362. The van der Waals surface area contributed by atoms with Crippen molar-refractivity contribution in [3.05, 3.63) is 101 Å². The third kappa shape index (κ3) is 6.13. The number of hydrogen-bond donors (Lipinski definition) is 0. The van der Waals surface area contributed by atoms with Crippen LogP contribution in [-0.2, 0) is 22.8 Å². The second-order valence-corrected chi connectivity index (χ2v) is 10.3. The number of hydrogen-bond acceptors (Lipinski definition) is 2. The minimum Gasteiger partial charge on any atom is -0.549 e. The first kappa shape index (κ1) is 27.7. The largest absolute Gasteiger partial charge is 0.549 e. The van der Waals surface area contributed by atoms with Gasteiger partial charge in [-0.2, -0.15) is 0 Å². The molecular formula is C31H40O2S. The molecule has 0 spiro atoms. The van der Waals surface area contributed by atoms with Gasteiger partial charge in [0.05, 0.1) is 11.4 Å². The van der Waals surface area contributed by atoms with Gasteiger partial charge in [0.25, 0.3) is 0 Å². The van der Waals surface area contributed by atoms with Gasteiger partial charge in [0.2, 0.25) is 0 Å². The van der Waals surface area contributed by atoms with Crippen LogP contribution in [0.15, 0.2) is 77.7 Å². The molecular weight excluding hydrogens is 436 g/mol. The van der Waals surface area contributed by atoms with Crippen molar-refractivity contribution in [2.75, 3.05) is 0 Å². The smallest absolute Gasteiger partial charge is 0.157 e. The van der Waals surface area contributed by atoms with E-state index >= 15 is 0 Å². The van der Waals surface area contributed by atoms with Gasteiger partial charge in [0.1, 0.15) is 0 Å². The number of benzene rings is 3. The average molecular weight is 477 g/mol. The van der Waals surface area contributed by atoms with Gasteiger partial charge in [-0.15, -0.1) is 0 Å². The third-order valence-corrected chi connectivity index (χ3v) is 7.12. The standard InChI is InChI=1S/C16H16O2.C15H24S/c1-2-16(15(17)18,13-9-5-3-6-10-13)14-11-7-4-8-12-14;1-9(2)12-7-13(10(3)4)15(16)14(8-12)11(5)6/h3-12H,2H2,1H3,(H,17,18);7-11,16H,1-6H3. The Labute approximate surface area is 211 Å². The molecule has 0 unspecified atom stereocenters. The Balaban J connectivity index is 0.000000242. The highest BCUT2D eigenvalue weighted by molar-refractivity contribution is 7.59. The molecule has 182 valence electrons. The molecule has 0 atom stereocenters. The Kier molecular flexibility index (Phi) is 10.00. The summed E-state index contributed by atoms with van der Waals surface area (Å²) in [5.74, 6) is 0.692. The molecule has 0 fully saturated rings. The Hall–Kier alpha value is -2.52. The van der Waals surface area contributed by atoms with Crippen molar-refractivity contribution in [1.29, 1.82) is 0 Å². The van der Waals surface area contributed by atoms with Crippen molar-refractivity contribution in [3.63, 3.8) is 0 Å². The van der Waals surface area contributed by atoms with E-state index in [2.05, 4.69) is 66.3 Å². The summed E-state index contributed by atoms with van der Waals surface area (Å²) < 4.78 is 0. The summed E-state index contributed by atoms with van der Waals surface area (Å²) in [7, 11) is 0. The van der Waals surface area contributed by atoms with Gasteiger partial charge in [0, 0.05) is 11.1 Å². The molecule has 0 bridgehead atoms. The van der Waals surface area contributed by atoms with Crippen LogP contribution >= 0.6 is 0 Å². The highest BCUT2D eigenvalue weighted by Crippen LogP contribution is 2.35. The molecule has 0 N–H and O–H groups in total. The Bertz CT molecular complexity index is 985. The fourth-order valence-electron chi connectivity index (χ4n) is 4.36. The summed E-state index contributed by atoms with van der Waals surface area (Å²) in [4.78, 5) is 13.0. The van der Waals surface area contributed by atoms with Crippen LogP contribution < -0.4 is 5.11 Å². The summed E-state index contributed by atoms with van der Waals surface area (Å²) in [5, 5.41) is 11.7. The van der Waals surface area contributed by atoms with E-state index < -0.39 is 11.4 Å².